The van der Waals surface area contributed by atoms with Crippen LogP contribution in [0, 0.1) is 11.8 Å². The van der Waals surface area contributed by atoms with Gasteiger partial charge in [0.1, 0.15) is 0 Å². The Morgan fingerprint density at radius 2 is 1.64 bits per heavy atom. The van der Waals surface area contributed by atoms with Crippen molar-refractivity contribution in [2.24, 2.45) is 11.8 Å². The van der Waals surface area contributed by atoms with E-state index in [-0.39, 0.29) is 5.60 Å². The first-order valence-corrected chi connectivity index (χ1v) is 4.91. The first-order valence-electron chi connectivity index (χ1n) is 4.91. The Kier molecular flexibility index (Phi) is 1.71. The second-order valence-corrected chi connectivity index (χ2v) is 4.17. The molecule has 2 bridgehead atoms. The van der Waals surface area contributed by atoms with Crippen molar-refractivity contribution in [1.29, 1.82) is 0 Å². The van der Waals surface area contributed by atoms with Crippen molar-refractivity contribution in [3.8, 4) is 0 Å². The highest BCUT2D eigenvalue weighted by molar-refractivity contribution is 5.02. The largest absolute Gasteiger partial charge is 0.375 e. The molecule has 64 valence electrons. The highest BCUT2D eigenvalue weighted by atomic mass is 16.5. The topological polar surface area (TPSA) is 9.23 Å². The molecular formula is C10H18O. The van der Waals surface area contributed by atoms with Gasteiger partial charge in [0.2, 0.25) is 0 Å². The van der Waals surface area contributed by atoms with Crippen LogP contribution >= 0.6 is 0 Å². The Morgan fingerprint density at radius 3 is 2.00 bits per heavy atom. The van der Waals surface area contributed by atoms with Crippen molar-refractivity contribution in [3.05, 3.63) is 0 Å². The quantitative estimate of drug-likeness (QED) is 0.594. The van der Waals surface area contributed by atoms with Crippen LogP contribution in [-0.2, 0) is 4.74 Å². The minimum atomic E-state index is 0.273. The van der Waals surface area contributed by atoms with Crippen molar-refractivity contribution in [1.82, 2.24) is 0 Å². The molecule has 2 fully saturated rings. The fraction of sp³-hybridized carbons (Fsp3) is 1.00. The van der Waals surface area contributed by atoms with E-state index in [2.05, 4.69) is 13.8 Å². The van der Waals surface area contributed by atoms with Gasteiger partial charge < -0.3 is 4.74 Å². The highest BCUT2D eigenvalue weighted by Crippen LogP contribution is 2.53. The van der Waals surface area contributed by atoms with Gasteiger partial charge >= 0.3 is 0 Å². The van der Waals surface area contributed by atoms with E-state index < -0.39 is 0 Å². The molecule has 0 heterocycles. The molecule has 2 aliphatic carbocycles. The molecule has 0 aliphatic heterocycles. The lowest BCUT2D eigenvalue weighted by atomic mass is 9.94. The maximum Gasteiger partial charge on any atom is 0.0710 e. The van der Waals surface area contributed by atoms with Crippen LogP contribution in [0.1, 0.15) is 39.5 Å². The number of rotatable bonds is 2. The fourth-order valence-corrected chi connectivity index (χ4v) is 3.12. The zero-order chi connectivity index (χ0) is 7.90. The summed E-state index contributed by atoms with van der Waals surface area (Å²) in [6.45, 7) is 5.33. The van der Waals surface area contributed by atoms with Gasteiger partial charge in [-0.1, -0.05) is 0 Å². The Hall–Kier alpha value is -0.0400. The van der Waals surface area contributed by atoms with E-state index in [1.165, 1.54) is 25.7 Å². The van der Waals surface area contributed by atoms with Gasteiger partial charge in [-0.3, -0.25) is 0 Å². The van der Waals surface area contributed by atoms with Crippen molar-refractivity contribution >= 4 is 0 Å². The molecule has 0 amide bonds. The van der Waals surface area contributed by atoms with Crippen molar-refractivity contribution < 1.29 is 4.74 Å². The fourth-order valence-electron chi connectivity index (χ4n) is 3.12. The third-order valence-corrected chi connectivity index (χ3v) is 3.80. The summed E-state index contributed by atoms with van der Waals surface area (Å²) in [6, 6.07) is 0. The van der Waals surface area contributed by atoms with Crippen LogP contribution in [0.5, 0.6) is 0 Å². The lowest BCUT2D eigenvalue weighted by Gasteiger charge is -2.29. The third kappa shape index (κ3) is 0.936. The van der Waals surface area contributed by atoms with E-state index in [0.29, 0.717) is 0 Å². The summed E-state index contributed by atoms with van der Waals surface area (Å²) in [7, 11) is 0. The van der Waals surface area contributed by atoms with Crippen LogP contribution in [0.2, 0.25) is 0 Å². The average Bonchev–Trinajstić information content (AvgIpc) is 2.46. The molecule has 0 unspecified atom stereocenters. The molecule has 0 aromatic rings. The summed E-state index contributed by atoms with van der Waals surface area (Å²) in [4.78, 5) is 0. The van der Waals surface area contributed by atoms with Crippen molar-refractivity contribution in [3.63, 3.8) is 0 Å². The van der Waals surface area contributed by atoms with Gasteiger partial charge in [-0.25, -0.2) is 0 Å². The molecule has 0 aromatic heterocycles. The normalized spacial score (nSPS) is 48.5. The molecule has 1 nitrogen and oxygen atoms in total. The van der Waals surface area contributed by atoms with Gasteiger partial charge in [0.25, 0.3) is 0 Å². The molecule has 2 aliphatic rings. The van der Waals surface area contributed by atoms with Crippen LogP contribution < -0.4 is 0 Å². The van der Waals surface area contributed by atoms with E-state index in [4.69, 9.17) is 4.74 Å². The van der Waals surface area contributed by atoms with Crippen LogP contribution in [0.25, 0.3) is 0 Å². The van der Waals surface area contributed by atoms with E-state index in [1.54, 1.807) is 0 Å². The zero-order valence-electron chi connectivity index (χ0n) is 7.60. The average molecular weight is 154 g/mol. The van der Waals surface area contributed by atoms with E-state index >= 15 is 0 Å². The van der Waals surface area contributed by atoms with Gasteiger partial charge in [0.15, 0.2) is 0 Å². The molecule has 0 spiro atoms. The van der Waals surface area contributed by atoms with E-state index in [9.17, 15) is 0 Å². The monoisotopic (exact) mass is 154 g/mol. The van der Waals surface area contributed by atoms with Crippen molar-refractivity contribution in [2.45, 2.75) is 45.1 Å². The summed E-state index contributed by atoms with van der Waals surface area (Å²) in [5.74, 6) is 1.76. The Morgan fingerprint density at radius 1 is 1.18 bits per heavy atom. The second-order valence-electron chi connectivity index (χ2n) is 4.17. The third-order valence-electron chi connectivity index (χ3n) is 3.80. The number of ether oxygens (including phenoxy) is 1. The molecule has 2 saturated carbocycles. The van der Waals surface area contributed by atoms with Crippen LogP contribution in [0.4, 0.5) is 0 Å². The molecule has 11 heavy (non-hydrogen) atoms. The van der Waals surface area contributed by atoms with Crippen molar-refractivity contribution in [2.75, 3.05) is 6.61 Å². The van der Waals surface area contributed by atoms with Gasteiger partial charge in [-0.05, 0) is 51.4 Å². The predicted molar refractivity (Wildman–Crippen MR) is 45.5 cm³/mol. The number of fused-ring (bicyclic) bond motifs is 2. The summed E-state index contributed by atoms with van der Waals surface area (Å²) in [5.41, 5.74) is 0.273. The van der Waals surface area contributed by atoms with Gasteiger partial charge in [-0.15, -0.1) is 0 Å². The first-order chi connectivity index (χ1) is 5.27. The maximum absolute atomic E-state index is 5.88. The molecule has 0 saturated heterocycles. The smallest absolute Gasteiger partial charge is 0.0710 e. The Labute approximate surface area is 69.1 Å². The molecule has 0 N–H and O–H groups in total. The SMILES string of the molecule is CCOC1(C)C2CCC1CC2. The standard InChI is InChI=1S/C10H18O/c1-3-11-10(2)8-4-5-9(10)7-6-8/h8-9H,3-7H2,1-2H3. The van der Waals surface area contributed by atoms with E-state index in [0.717, 1.165) is 18.4 Å². The second kappa shape index (κ2) is 2.48. The molecule has 0 atom stereocenters. The van der Waals surface area contributed by atoms with Crippen LogP contribution in [-0.4, -0.2) is 12.2 Å². The summed E-state index contributed by atoms with van der Waals surface area (Å²) in [5, 5.41) is 0. The molecule has 1 heteroatoms. The number of hydrogen-bond donors (Lipinski definition) is 0. The lowest BCUT2D eigenvalue weighted by molar-refractivity contribution is -0.0589. The Bertz CT molecular complexity index is 133. The predicted octanol–water partition coefficient (Wildman–Crippen LogP) is 2.60. The molecule has 0 aromatic carbocycles. The molecule has 0 radical (unpaired) electrons. The molecule has 2 rings (SSSR count). The van der Waals surface area contributed by atoms with E-state index in [1.807, 2.05) is 0 Å². The van der Waals surface area contributed by atoms with Gasteiger partial charge in [0, 0.05) is 6.61 Å². The maximum atomic E-state index is 5.88. The minimum absolute atomic E-state index is 0.273. The van der Waals surface area contributed by atoms with Crippen LogP contribution in [0.15, 0.2) is 0 Å². The van der Waals surface area contributed by atoms with Crippen LogP contribution in [0.3, 0.4) is 0 Å². The highest BCUT2D eigenvalue weighted by Gasteiger charge is 2.51. The van der Waals surface area contributed by atoms with Gasteiger partial charge in [0.05, 0.1) is 5.60 Å². The summed E-state index contributed by atoms with van der Waals surface area (Å²) < 4.78 is 5.88. The number of hydrogen-bond acceptors (Lipinski definition) is 1. The van der Waals surface area contributed by atoms with Gasteiger partial charge in [-0.2, -0.15) is 0 Å². The first kappa shape index (κ1) is 7.60. The lowest BCUT2D eigenvalue weighted by Crippen LogP contribution is -2.33. The summed E-state index contributed by atoms with van der Waals surface area (Å²) in [6.07, 6.45) is 5.67. The zero-order valence-corrected chi connectivity index (χ0v) is 7.60. The summed E-state index contributed by atoms with van der Waals surface area (Å²) >= 11 is 0. The minimum Gasteiger partial charge on any atom is -0.375 e. The molecular weight excluding hydrogens is 136 g/mol. The Balaban J connectivity index is 2.12.